The maximum atomic E-state index is 6.47. The number of hydrogen-bond donors (Lipinski definition) is 0. The number of methoxy groups -OCH3 is 1. The van der Waals surface area contributed by atoms with Gasteiger partial charge in [0.25, 0.3) is 0 Å². The zero-order valence-electron chi connectivity index (χ0n) is 21.5. The van der Waals surface area contributed by atoms with Crippen molar-refractivity contribution in [1.82, 2.24) is 0 Å². The van der Waals surface area contributed by atoms with Crippen molar-refractivity contribution in [2.45, 2.75) is 104 Å². The zero-order valence-corrected chi connectivity index (χ0v) is 21.5. The highest BCUT2D eigenvalue weighted by molar-refractivity contribution is 6.63. The molecule has 0 radical (unpaired) electrons. The van der Waals surface area contributed by atoms with Crippen molar-refractivity contribution in [3.05, 3.63) is 35.9 Å². The lowest BCUT2D eigenvalue weighted by molar-refractivity contribution is 0.00578. The minimum absolute atomic E-state index is 0.0334. The van der Waals surface area contributed by atoms with E-state index < -0.39 is 18.3 Å². The molecule has 2 rings (SSSR count). The van der Waals surface area contributed by atoms with E-state index in [9.17, 15) is 0 Å². The van der Waals surface area contributed by atoms with Crippen molar-refractivity contribution in [1.29, 1.82) is 0 Å². The fraction of sp³-hybridized carbons (Fsp3) is 0.692. The van der Waals surface area contributed by atoms with E-state index in [0.29, 0.717) is 0 Å². The Morgan fingerprint density at radius 1 is 1.03 bits per heavy atom. The Morgan fingerprint density at radius 3 is 2.00 bits per heavy atom. The first kappa shape index (κ1) is 26.0. The summed E-state index contributed by atoms with van der Waals surface area (Å²) in [5, 5.41) is 0. The van der Waals surface area contributed by atoms with Crippen LogP contribution in [0.2, 0.25) is 0 Å². The Hall–Kier alpha value is -1.30. The molecule has 0 aromatic heterocycles. The second-order valence-electron chi connectivity index (χ2n) is 10.8. The lowest BCUT2D eigenvalue weighted by Gasteiger charge is -2.36. The molecule has 0 aliphatic carbocycles. The van der Waals surface area contributed by atoms with E-state index in [0.717, 1.165) is 30.5 Å². The topological polar surface area (TPSA) is 36.9 Å². The average Bonchev–Trinajstić information content (AvgIpc) is 2.90. The molecular formula is C26H43BO4. The highest BCUT2D eigenvalue weighted by Gasteiger charge is 2.53. The molecule has 0 N–H and O–H groups in total. The first-order valence-electron chi connectivity index (χ1n) is 11.6. The molecule has 0 spiro atoms. The Balaban J connectivity index is 2.83. The van der Waals surface area contributed by atoms with Crippen molar-refractivity contribution in [2.24, 2.45) is 0 Å². The smallest absolute Gasteiger partial charge is 0.468 e. The summed E-state index contributed by atoms with van der Waals surface area (Å²) in [6, 6.07) is 4.51. The molecule has 174 valence electrons. The van der Waals surface area contributed by atoms with Crippen molar-refractivity contribution >= 4 is 12.6 Å². The van der Waals surface area contributed by atoms with Crippen molar-refractivity contribution in [3.63, 3.8) is 0 Å². The second kappa shape index (κ2) is 9.29. The Labute approximate surface area is 190 Å². The Morgan fingerprint density at radius 2 is 1.58 bits per heavy atom. The van der Waals surface area contributed by atoms with E-state index in [-0.39, 0.29) is 17.6 Å². The largest absolute Gasteiger partial charge is 0.498 e. The van der Waals surface area contributed by atoms with Gasteiger partial charge >= 0.3 is 7.12 Å². The molecule has 0 saturated carbocycles. The molecule has 5 heteroatoms. The molecule has 1 heterocycles. The van der Waals surface area contributed by atoms with Crippen molar-refractivity contribution < 1.29 is 18.8 Å². The minimum atomic E-state index is -0.506. The van der Waals surface area contributed by atoms with E-state index in [1.807, 2.05) is 6.08 Å². The van der Waals surface area contributed by atoms with Crippen LogP contribution < -0.4 is 10.2 Å². The Kier molecular flexibility index (Phi) is 7.78. The summed E-state index contributed by atoms with van der Waals surface area (Å²) < 4.78 is 24.5. The maximum Gasteiger partial charge on any atom is 0.498 e. The van der Waals surface area contributed by atoms with Gasteiger partial charge in [-0.15, -0.1) is 6.58 Å². The van der Waals surface area contributed by atoms with E-state index >= 15 is 0 Å². The summed E-state index contributed by atoms with van der Waals surface area (Å²) in [6.45, 7) is 23.7. The molecule has 1 aromatic carbocycles. The number of benzene rings is 1. The van der Waals surface area contributed by atoms with E-state index in [2.05, 4.69) is 81.0 Å². The van der Waals surface area contributed by atoms with Gasteiger partial charge in [0.05, 0.1) is 11.2 Å². The van der Waals surface area contributed by atoms with Crippen LogP contribution in [0.5, 0.6) is 5.75 Å². The first-order chi connectivity index (χ1) is 14.3. The first-order valence-corrected chi connectivity index (χ1v) is 11.6. The minimum Gasteiger partial charge on any atom is -0.468 e. The summed E-state index contributed by atoms with van der Waals surface area (Å²) in [6.07, 6.45) is 4.86. The predicted molar refractivity (Wildman–Crippen MR) is 130 cm³/mol. The molecule has 4 nitrogen and oxygen atoms in total. The molecular weight excluding hydrogens is 387 g/mol. The van der Waals surface area contributed by atoms with Gasteiger partial charge in [-0.1, -0.05) is 52.8 Å². The number of hydrogen-bond acceptors (Lipinski definition) is 4. The number of ether oxygens (including phenoxy) is 2. The van der Waals surface area contributed by atoms with Gasteiger partial charge in [-0.05, 0) is 57.9 Å². The zero-order chi connectivity index (χ0) is 23.7. The van der Waals surface area contributed by atoms with Crippen LogP contribution in [-0.4, -0.2) is 32.2 Å². The molecule has 0 atom stereocenters. The van der Waals surface area contributed by atoms with Gasteiger partial charge in [0.15, 0.2) is 6.79 Å². The molecule has 0 unspecified atom stereocenters. The second-order valence-corrected chi connectivity index (χ2v) is 10.8. The van der Waals surface area contributed by atoms with Gasteiger partial charge in [0.2, 0.25) is 0 Å². The summed E-state index contributed by atoms with van der Waals surface area (Å²) in [5.41, 5.74) is 2.40. The fourth-order valence-electron chi connectivity index (χ4n) is 4.21. The molecule has 1 saturated heterocycles. The Bertz CT molecular complexity index is 756. The maximum absolute atomic E-state index is 6.47. The molecule has 1 aromatic rings. The van der Waals surface area contributed by atoms with Gasteiger partial charge in [-0.3, -0.25) is 0 Å². The quantitative estimate of drug-likeness (QED) is 0.278. The van der Waals surface area contributed by atoms with Gasteiger partial charge in [-0.2, -0.15) is 0 Å². The molecule has 0 amide bonds. The van der Waals surface area contributed by atoms with Crippen LogP contribution in [0.15, 0.2) is 24.8 Å². The molecule has 0 bridgehead atoms. The van der Waals surface area contributed by atoms with Gasteiger partial charge in [-0.25, -0.2) is 0 Å². The van der Waals surface area contributed by atoms with Crippen LogP contribution in [0.4, 0.5) is 0 Å². The standard InChI is InChI=1S/C26H43BO4/c1-12-15-26(13-2,14-3)20-16-19(23(4,5)6)17-21(22(20)29-18-28-11)27-30-24(7,8)25(9,10)31-27/h12,16-17H,1,13-15,18H2,2-11H3. The number of rotatable bonds is 9. The van der Waals surface area contributed by atoms with Gasteiger partial charge in [0, 0.05) is 23.6 Å². The van der Waals surface area contributed by atoms with E-state index in [4.69, 9.17) is 18.8 Å². The average molecular weight is 430 g/mol. The van der Waals surface area contributed by atoms with Crippen LogP contribution in [0, 0.1) is 0 Å². The predicted octanol–water partition coefficient (Wildman–Crippen LogP) is 5.90. The third-order valence-electron chi connectivity index (χ3n) is 7.27. The van der Waals surface area contributed by atoms with Crippen LogP contribution in [-0.2, 0) is 24.9 Å². The molecule has 1 fully saturated rings. The van der Waals surface area contributed by atoms with Crippen LogP contribution in [0.25, 0.3) is 0 Å². The summed E-state index contributed by atoms with van der Waals surface area (Å²) in [4.78, 5) is 0. The highest BCUT2D eigenvalue weighted by Crippen LogP contribution is 2.44. The molecule has 1 aliphatic heterocycles. The normalized spacial score (nSPS) is 18.3. The fourth-order valence-corrected chi connectivity index (χ4v) is 4.21. The van der Waals surface area contributed by atoms with Crippen LogP contribution >= 0.6 is 0 Å². The lowest BCUT2D eigenvalue weighted by atomic mass is 9.66. The molecule has 31 heavy (non-hydrogen) atoms. The van der Waals surface area contributed by atoms with Gasteiger partial charge < -0.3 is 18.8 Å². The number of allylic oxidation sites excluding steroid dienone is 1. The summed E-state index contributed by atoms with van der Waals surface area (Å²) in [5.74, 6) is 0.818. The third-order valence-corrected chi connectivity index (χ3v) is 7.27. The van der Waals surface area contributed by atoms with Crippen molar-refractivity contribution in [2.75, 3.05) is 13.9 Å². The van der Waals surface area contributed by atoms with E-state index in [1.165, 1.54) is 11.1 Å². The van der Waals surface area contributed by atoms with E-state index in [1.54, 1.807) is 7.11 Å². The van der Waals surface area contributed by atoms with Crippen LogP contribution in [0.3, 0.4) is 0 Å². The summed E-state index contributed by atoms with van der Waals surface area (Å²) >= 11 is 0. The lowest BCUT2D eigenvalue weighted by Crippen LogP contribution is -2.41. The SMILES string of the molecule is C=CCC(CC)(CC)c1cc(C(C)(C)C)cc(B2OC(C)(C)C(C)(C)O2)c1OCOC. The van der Waals surface area contributed by atoms with Crippen molar-refractivity contribution in [3.8, 4) is 5.75 Å². The monoisotopic (exact) mass is 430 g/mol. The van der Waals surface area contributed by atoms with Gasteiger partial charge in [0.1, 0.15) is 5.75 Å². The third kappa shape index (κ3) is 5.04. The molecule has 1 aliphatic rings. The van der Waals surface area contributed by atoms with Crippen LogP contribution in [0.1, 0.15) is 92.7 Å². The highest BCUT2D eigenvalue weighted by atomic mass is 16.7. The summed E-state index contributed by atoms with van der Waals surface area (Å²) in [7, 11) is 1.14.